The van der Waals surface area contributed by atoms with Gasteiger partial charge in [-0.15, -0.1) is 11.3 Å². The van der Waals surface area contributed by atoms with E-state index in [1.165, 1.54) is 11.3 Å². The number of rotatable bonds is 4. The lowest BCUT2D eigenvalue weighted by Crippen LogP contribution is -2.13. The summed E-state index contributed by atoms with van der Waals surface area (Å²) in [6.45, 7) is 6.02. The Bertz CT molecular complexity index is 881. The minimum Gasteiger partial charge on any atom is -0.359 e. The zero-order valence-electron chi connectivity index (χ0n) is 14.0. The minimum atomic E-state index is -0.339. The fraction of sp³-hybridized carbons (Fsp3) is 0.235. The van der Waals surface area contributed by atoms with Crippen LogP contribution in [-0.4, -0.2) is 16.0 Å². The molecule has 1 aromatic carbocycles. The van der Waals surface area contributed by atoms with Gasteiger partial charge in [0.25, 0.3) is 5.91 Å². The molecule has 2 N–H and O–H groups in total. The van der Waals surface area contributed by atoms with Crippen LogP contribution in [0.4, 0.5) is 16.6 Å². The molecule has 0 saturated carbocycles. The number of benzene rings is 1. The monoisotopic (exact) mass is 376 g/mol. The molecule has 8 heteroatoms. The van der Waals surface area contributed by atoms with E-state index in [2.05, 4.69) is 20.8 Å². The number of aromatic nitrogens is 2. The highest BCUT2D eigenvalue weighted by atomic mass is 35.5. The van der Waals surface area contributed by atoms with Crippen LogP contribution in [-0.2, 0) is 5.41 Å². The van der Waals surface area contributed by atoms with E-state index in [1.54, 1.807) is 23.6 Å². The van der Waals surface area contributed by atoms with Crippen molar-refractivity contribution >= 4 is 45.5 Å². The molecule has 25 heavy (non-hydrogen) atoms. The summed E-state index contributed by atoms with van der Waals surface area (Å²) in [5.74, 6) is 0.732. The Hall–Kier alpha value is -2.38. The lowest BCUT2D eigenvalue weighted by molar-refractivity contribution is 0.102. The molecule has 0 bridgehead atoms. The van der Waals surface area contributed by atoms with Crippen LogP contribution in [0.2, 0.25) is 5.02 Å². The van der Waals surface area contributed by atoms with E-state index in [1.807, 2.05) is 32.9 Å². The molecule has 0 saturated heterocycles. The van der Waals surface area contributed by atoms with Gasteiger partial charge < -0.3 is 15.2 Å². The Kier molecular flexibility index (Phi) is 4.78. The van der Waals surface area contributed by atoms with E-state index in [0.717, 1.165) is 5.69 Å². The molecule has 3 rings (SSSR count). The topological polar surface area (TPSA) is 80.0 Å². The SMILES string of the molecule is CC(C)(C)c1cc(NC(=O)c2csc(Nc3ccc(Cl)cc3)n2)no1. The zero-order chi connectivity index (χ0) is 18.0. The first-order valence-electron chi connectivity index (χ1n) is 7.58. The molecule has 0 radical (unpaired) electrons. The van der Waals surface area contributed by atoms with E-state index >= 15 is 0 Å². The molecule has 1 amide bonds. The second-order valence-electron chi connectivity index (χ2n) is 6.45. The van der Waals surface area contributed by atoms with Crippen LogP contribution in [0.5, 0.6) is 0 Å². The van der Waals surface area contributed by atoms with E-state index in [-0.39, 0.29) is 11.3 Å². The average molecular weight is 377 g/mol. The van der Waals surface area contributed by atoms with Gasteiger partial charge in [-0.25, -0.2) is 4.98 Å². The van der Waals surface area contributed by atoms with Crippen molar-refractivity contribution in [1.82, 2.24) is 10.1 Å². The van der Waals surface area contributed by atoms with Crippen molar-refractivity contribution in [2.24, 2.45) is 0 Å². The molecule has 0 spiro atoms. The molecular formula is C17H17ClN4O2S. The first-order chi connectivity index (χ1) is 11.8. The highest BCUT2D eigenvalue weighted by molar-refractivity contribution is 7.14. The van der Waals surface area contributed by atoms with Crippen molar-refractivity contribution in [1.29, 1.82) is 0 Å². The normalized spacial score (nSPS) is 11.4. The smallest absolute Gasteiger partial charge is 0.276 e. The predicted molar refractivity (Wildman–Crippen MR) is 100 cm³/mol. The Morgan fingerprint density at radius 3 is 2.60 bits per heavy atom. The fourth-order valence-corrected chi connectivity index (χ4v) is 2.80. The van der Waals surface area contributed by atoms with Crippen LogP contribution in [0.15, 0.2) is 40.2 Å². The third kappa shape index (κ3) is 4.37. The quantitative estimate of drug-likeness (QED) is 0.663. The number of anilines is 3. The zero-order valence-corrected chi connectivity index (χ0v) is 15.5. The second kappa shape index (κ2) is 6.85. The van der Waals surface area contributed by atoms with Gasteiger partial charge in [-0.2, -0.15) is 0 Å². The summed E-state index contributed by atoms with van der Waals surface area (Å²) >= 11 is 7.20. The minimum absolute atomic E-state index is 0.174. The maximum absolute atomic E-state index is 12.3. The van der Waals surface area contributed by atoms with Crippen LogP contribution in [0.1, 0.15) is 37.0 Å². The van der Waals surface area contributed by atoms with Crippen molar-refractivity contribution < 1.29 is 9.32 Å². The van der Waals surface area contributed by atoms with E-state index in [4.69, 9.17) is 16.1 Å². The molecule has 0 unspecified atom stereocenters. The van der Waals surface area contributed by atoms with Gasteiger partial charge in [-0.05, 0) is 24.3 Å². The van der Waals surface area contributed by atoms with Gasteiger partial charge in [0.2, 0.25) is 0 Å². The van der Waals surface area contributed by atoms with Crippen molar-refractivity contribution in [2.45, 2.75) is 26.2 Å². The van der Waals surface area contributed by atoms with Gasteiger partial charge in [0.1, 0.15) is 11.5 Å². The van der Waals surface area contributed by atoms with E-state index in [0.29, 0.717) is 27.4 Å². The molecule has 0 aliphatic heterocycles. The Morgan fingerprint density at radius 1 is 1.24 bits per heavy atom. The lowest BCUT2D eigenvalue weighted by Gasteiger charge is -2.11. The Morgan fingerprint density at radius 2 is 1.96 bits per heavy atom. The third-order valence-electron chi connectivity index (χ3n) is 3.32. The number of thiazole rings is 1. The van der Waals surface area contributed by atoms with Gasteiger partial charge in [0.05, 0.1) is 0 Å². The number of hydrogen-bond acceptors (Lipinski definition) is 6. The van der Waals surface area contributed by atoms with Crippen molar-refractivity contribution in [3.05, 3.63) is 52.2 Å². The summed E-state index contributed by atoms with van der Waals surface area (Å²) in [5, 5.41) is 12.6. The molecule has 0 fully saturated rings. The number of hydrogen-bond donors (Lipinski definition) is 2. The molecule has 130 valence electrons. The number of nitrogens with zero attached hydrogens (tertiary/aromatic N) is 2. The lowest BCUT2D eigenvalue weighted by atomic mass is 9.93. The summed E-state index contributed by atoms with van der Waals surface area (Å²) in [4.78, 5) is 16.6. The van der Waals surface area contributed by atoms with Crippen LogP contribution in [0, 0.1) is 0 Å². The van der Waals surface area contributed by atoms with Crippen LogP contribution >= 0.6 is 22.9 Å². The fourth-order valence-electron chi connectivity index (χ4n) is 1.96. The van der Waals surface area contributed by atoms with Crippen molar-refractivity contribution in [2.75, 3.05) is 10.6 Å². The molecule has 3 aromatic rings. The standard InChI is InChI=1S/C17H17ClN4O2S/c1-17(2,3)13-8-14(22-24-13)21-15(23)12-9-25-16(20-12)19-11-6-4-10(18)5-7-11/h4-9H,1-3H3,(H,19,20)(H,21,22,23). The molecule has 2 heterocycles. The van der Waals surface area contributed by atoms with Crippen LogP contribution < -0.4 is 10.6 Å². The highest BCUT2D eigenvalue weighted by Crippen LogP contribution is 2.25. The Labute approximate surface area is 154 Å². The molecule has 0 aliphatic carbocycles. The highest BCUT2D eigenvalue weighted by Gasteiger charge is 2.21. The largest absolute Gasteiger partial charge is 0.359 e. The first kappa shape index (κ1) is 17.4. The maximum Gasteiger partial charge on any atom is 0.276 e. The van der Waals surface area contributed by atoms with Gasteiger partial charge in [-0.3, -0.25) is 4.79 Å². The number of amides is 1. The third-order valence-corrected chi connectivity index (χ3v) is 4.33. The average Bonchev–Trinajstić information content (AvgIpc) is 3.18. The molecule has 2 aromatic heterocycles. The summed E-state index contributed by atoms with van der Waals surface area (Å²) in [6.07, 6.45) is 0. The van der Waals surface area contributed by atoms with Crippen LogP contribution in [0.25, 0.3) is 0 Å². The summed E-state index contributed by atoms with van der Waals surface area (Å²) < 4.78 is 5.25. The molecule has 0 atom stereocenters. The summed E-state index contributed by atoms with van der Waals surface area (Å²) in [7, 11) is 0. The van der Waals surface area contributed by atoms with Gasteiger partial charge in [0.15, 0.2) is 10.9 Å². The van der Waals surface area contributed by atoms with E-state index < -0.39 is 0 Å². The molecular weight excluding hydrogens is 360 g/mol. The number of nitrogens with one attached hydrogen (secondary N) is 2. The second-order valence-corrected chi connectivity index (χ2v) is 7.74. The number of carbonyl (C=O) groups is 1. The summed E-state index contributed by atoms with van der Waals surface area (Å²) in [5.41, 5.74) is 0.977. The predicted octanol–water partition coefficient (Wildman–Crippen LogP) is 5.08. The van der Waals surface area contributed by atoms with Crippen molar-refractivity contribution in [3.63, 3.8) is 0 Å². The van der Waals surface area contributed by atoms with Gasteiger partial charge >= 0.3 is 0 Å². The number of carbonyl (C=O) groups excluding carboxylic acids is 1. The molecule has 6 nitrogen and oxygen atoms in total. The summed E-state index contributed by atoms with van der Waals surface area (Å²) in [6, 6.07) is 8.96. The molecule has 0 aliphatic rings. The van der Waals surface area contributed by atoms with Crippen molar-refractivity contribution in [3.8, 4) is 0 Å². The van der Waals surface area contributed by atoms with Crippen LogP contribution in [0.3, 0.4) is 0 Å². The maximum atomic E-state index is 12.3. The first-order valence-corrected chi connectivity index (χ1v) is 8.84. The van der Waals surface area contributed by atoms with Gasteiger partial charge in [-0.1, -0.05) is 37.5 Å². The van der Waals surface area contributed by atoms with Gasteiger partial charge in [0, 0.05) is 27.6 Å². The van der Waals surface area contributed by atoms with E-state index in [9.17, 15) is 4.79 Å². The number of halogens is 1. The Balaban J connectivity index is 1.66.